The summed E-state index contributed by atoms with van der Waals surface area (Å²) in [6, 6.07) is 7.27. The standard InChI is InChI=1S/C19H26N6O2S/c1-12(2)15(16(26)21-17(20)27)28-19-23-22-18(24-10-4-5-11-24)25(19)14-8-6-13(3)7-9-14/h6-9,12,15H,4-5,10-11H2,1-3H3,(H3,20,21,26,27)/t15-/m1/s1. The van der Waals surface area contributed by atoms with Crippen LogP contribution in [0.25, 0.3) is 5.69 Å². The zero-order valence-electron chi connectivity index (χ0n) is 16.4. The van der Waals surface area contributed by atoms with Gasteiger partial charge < -0.3 is 10.6 Å². The summed E-state index contributed by atoms with van der Waals surface area (Å²) in [5, 5.41) is 11.1. The fourth-order valence-electron chi connectivity index (χ4n) is 3.18. The van der Waals surface area contributed by atoms with Crippen molar-refractivity contribution in [1.82, 2.24) is 20.1 Å². The molecule has 0 radical (unpaired) electrons. The van der Waals surface area contributed by atoms with Crippen molar-refractivity contribution in [2.45, 2.75) is 44.0 Å². The first-order valence-corrected chi connectivity index (χ1v) is 10.3. The van der Waals surface area contributed by atoms with E-state index in [1.54, 1.807) is 0 Å². The molecule has 8 nitrogen and oxygen atoms in total. The minimum Gasteiger partial charge on any atom is -0.351 e. The van der Waals surface area contributed by atoms with Gasteiger partial charge in [0.25, 0.3) is 0 Å². The van der Waals surface area contributed by atoms with Crippen LogP contribution < -0.4 is 16.0 Å². The van der Waals surface area contributed by atoms with Gasteiger partial charge >= 0.3 is 6.03 Å². The van der Waals surface area contributed by atoms with Gasteiger partial charge in [0.05, 0.1) is 10.9 Å². The summed E-state index contributed by atoms with van der Waals surface area (Å²) in [6.45, 7) is 7.75. The number of primary amides is 1. The molecule has 1 saturated heterocycles. The van der Waals surface area contributed by atoms with Crippen LogP contribution in [0.3, 0.4) is 0 Å². The van der Waals surface area contributed by atoms with Crippen LogP contribution in [0.1, 0.15) is 32.3 Å². The number of aromatic nitrogens is 3. The highest BCUT2D eigenvalue weighted by atomic mass is 32.2. The molecule has 9 heteroatoms. The second-order valence-corrected chi connectivity index (χ2v) is 8.39. The largest absolute Gasteiger partial charge is 0.351 e. The third-order valence-electron chi connectivity index (χ3n) is 4.64. The summed E-state index contributed by atoms with van der Waals surface area (Å²) in [4.78, 5) is 25.8. The van der Waals surface area contributed by atoms with Crippen LogP contribution in [-0.4, -0.2) is 45.0 Å². The van der Waals surface area contributed by atoms with E-state index in [1.165, 1.54) is 11.8 Å². The molecule has 1 aromatic heterocycles. The van der Waals surface area contributed by atoms with Crippen LogP contribution in [-0.2, 0) is 4.79 Å². The fourth-order valence-corrected chi connectivity index (χ4v) is 4.22. The summed E-state index contributed by atoms with van der Waals surface area (Å²) in [7, 11) is 0. The summed E-state index contributed by atoms with van der Waals surface area (Å²) in [5.41, 5.74) is 7.23. The molecule has 3 N–H and O–H groups in total. The van der Waals surface area contributed by atoms with Crippen molar-refractivity contribution in [3.05, 3.63) is 29.8 Å². The average Bonchev–Trinajstić information content (AvgIpc) is 3.28. The molecule has 0 saturated carbocycles. The van der Waals surface area contributed by atoms with Crippen LogP contribution in [0.5, 0.6) is 0 Å². The van der Waals surface area contributed by atoms with E-state index in [0.717, 1.165) is 43.1 Å². The van der Waals surface area contributed by atoms with Gasteiger partial charge in [-0.15, -0.1) is 10.2 Å². The molecule has 1 atom stereocenters. The molecule has 3 rings (SSSR count). The van der Waals surface area contributed by atoms with Gasteiger partial charge in [-0.25, -0.2) is 4.79 Å². The molecule has 0 bridgehead atoms. The highest BCUT2D eigenvalue weighted by Gasteiger charge is 2.29. The van der Waals surface area contributed by atoms with E-state index in [0.29, 0.717) is 5.16 Å². The molecule has 0 aliphatic carbocycles. The third-order valence-corrected chi connectivity index (χ3v) is 6.13. The Morgan fingerprint density at radius 3 is 2.36 bits per heavy atom. The van der Waals surface area contributed by atoms with Gasteiger partial charge in [-0.1, -0.05) is 43.3 Å². The van der Waals surface area contributed by atoms with Gasteiger partial charge in [0.2, 0.25) is 11.9 Å². The van der Waals surface area contributed by atoms with E-state index in [-0.39, 0.29) is 5.92 Å². The molecule has 2 heterocycles. The fraction of sp³-hybridized carbons (Fsp3) is 0.474. The molecule has 2 aromatic rings. The molecular weight excluding hydrogens is 376 g/mol. The Morgan fingerprint density at radius 1 is 1.14 bits per heavy atom. The second-order valence-electron chi connectivity index (χ2n) is 7.28. The zero-order valence-corrected chi connectivity index (χ0v) is 17.2. The van der Waals surface area contributed by atoms with Crippen molar-refractivity contribution >= 4 is 29.6 Å². The quantitative estimate of drug-likeness (QED) is 0.719. The third kappa shape index (κ3) is 4.46. The molecule has 1 aliphatic heterocycles. The molecule has 150 valence electrons. The number of nitrogens with two attached hydrogens (primary N) is 1. The Morgan fingerprint density at radius 2 is 1.79 bits per heavy atom. The Hall–Kier alpha value is -2.55. The number of thioether (sulfide) groups is 1. The number of urea groups is 1. The van der Waals surface area contributed by atoms with Crippen molar-refractivity contribution < 1.29 is 9.59 Å². The van der Waals surface area contributed by atoms with E-state index >= 15 is 0 Å². The lowest BCUT2D eigenvalue weighted by Crippen LogP contribution is -2.42. The molecule has 3 amide bonds. The van der Waals surface area contributed by atoms with Crippen molar-refractivity contribution in [3.63, 3.8) is 0 Å². The van der Waals surface area contributed by atoms with Gasteiger partial charge in [-0.3, -0.25) is 14.7 Å². The number of hydrogen-bond donors (Lipinski definition) is 2. The Labute approximate surface area is 168 Å². The van der Waals surface area contributed by atoms with Gasteiger partial charge in [0.15, 0.2) is 5.16 Å². The number of imide groups is 1. The van der Waals surface area contributed by atoms with Crippen molar-refractivity contribution in [2.24, 2.45) is 11.7 Å². The van der Waals surface area contributed by atoms with Crippen LogP contribution in [0.4, 0.5) is 10.7 Å². The molecule has 28 heavy (non-hydrogen) atoms. The zero-order chi connectivity index (χ0) is 20.3. The number of anilines is 1. The van der Waals surface area contributed by atoms with E-state index in [4.69, 9.17) is 5.73 Å². The van der Waals surface area contributed by atoms with Gasteiger partial charge in [0.1, 0.15) is 0 Å². The lowest BCUT2D eigenvalue weighted by atomic mass is 10.1. The summed E-state index contributed by atoms with van der Waals surface area (Å²) in [5.74, 6) is 0.332. The number of carbonyl (C=O) groups excluding carboxylic acids is 2. The van der Waals surface area contributed by atoms with E-state index < -0.39 is 17.2 Å². The lowest BCUT2D eigenvalue weighted by molar-refractivity contribution is -0.120. The number of amides is 3. The maximum atomic E-state index is 12.5. The van der Waals surface area contributed by atoms with Crippen molar-refractivity contribution in [2.75, 3.05) is 18.0 Å². The summed E-state index contributed by atoms with van der Waals surface area (Å²) >= 11 is 1.30. The smallest absolute Gasteiger partial charge is 0.318 e. The maximum absolute atomic E-state index is 12.5. The number of aryl methyl sites for hydroxylation is 1. The molecule has 0 spiro atoms. The predicted octanol–water partition coefficient (Wildman–Crippen LogP) is 2.49. The van der Waals surface area contributed by atoms with Crippen LogP contribution in [0, 0.1) is 12.8 Å². The molecule has 0 unspecified atom stereocenters. The molecular formula is C19H26N6O2S. The van der Waals surface area contributed by atoms with Gasteiger partial charge in [0, 0.05) is 13.1 Å². The number of nitrogens with one attached hydrogen (secondary N) is 1. The number of nitrogens with zero attached hydrogens (tertiary/aromatic N) is 4. The average molecular weight is 403 g/mol. The number of hydrogen-bond acceptors (Lipinski definition) is 6. The van der Waals surface area contributed by atoms with E-state index in [1.807, 2.05) is 49.6 Å². The monoisotopic (exact) mass is 402 g/mol. The minimum atomic E-state index is -0.853. The van der Waals surface area contributed by atoms with Crippen molar-refractivity contribution in [1.29, 1.82) is 0 Å². The molecule has 1 aliphatic rings. The lowest BCUT2D eigenvalue weighted by Gasteiger charge is -2.21. The molecule has 1 fully saturated rings. The first kappa shape index (κ1) is 20.2. The Balaban J connectivity index is 1.98. The van der Waals surface area contributed by atoms with E-state index in [2.05, 4.69) is 20.4 Å². The number of benzene rings is 1. The number of carbonyl (C=O) groups is 2. The summed E-state index contributed by atoms with van der Waals surface area (Å²) in [6.07, 6.45) is 2.25. The summed E-state index contributed by atoms with van der Waals surface area (Å²) < 4.78 is 1.99. The van der Waals surface area contributed by atoms with Gasteiger partial charge in [-0.05, 0) is 37.8 Å². The van der Waals surface area contributed by atoms with Crippen LogP contribution >= 0.6 is 11.8 Å². The van der Waals surface area contributed by atoms with Crippen molar-refractivity contribution in [3.8, 4) is 5.69 Å². The second kappa shape index (κ2) is 8.64. The SMILES string of the molecule is Cc1ccc(-n2c(S[C@@H](C(=O)NC(N)=O)C(C)C)nnc2N2CCCC2)cc1. The van der Waals surface area contributed by atoms with Gasteiger partial charge in [-0.2, -0.15) is 0 Å². The number of rotatable bonds is 6. The topological polar surface area (TPSA) is 106 Å². The first-order valence-electron chi connectivity index (χ1n) is 9.41. The maximum Gasteiger partial charge on any atom is 0.318 e. The normalized spacial score (nSPS) is 15.1. The van der Waals surface area contributed by atoms with Crippen LogP contribution in [0.2, 0.25) is 0 Å². The Kier molecular flexibility index (Phi) is 6.23. The first-order chi connectivity index (χ1) is 13.4. The highest BCUT2D eigenvalue weighted by molar-refractivity contribution is 8.00. The van der Waals surface area contributed by atoms with E-state index in [9.17, 15) is 9.59 Å². The Bertz CT molecular complexity index is 843. The highest BCUT2D eigenvalue weighted by Crippen LogP contribution is 2.33. The predicted molar refractivity (Wildman–Crippen MR) is 110 cm³/mol. The van der Waals surface area contributed by atoms with Crippen LogP contribution in [0.15, 0.2) is 29.4 Å². The minimum absolute atomic E-state index is 0.0252. The molecule has 1 aromatic carbocycles.